The van der Waals surface area contributed by atoms with Gasteiger partial charge >= 0.3 is 5.97 Å². The van der Waals surface area contributed by atoms with Crippen LogP contribution in [0.3, 0.4) is 0 Å². The fourth-order valence-corrected chi connectivity index (χ4v) is 7.26. The number of fused-ring (bicyclic) bond motifs is 1. The number of methoxy groups -OCH3 is 1. The lowest BCUT2D eigenvalue weighted by atomic mass is 9.89. The summed E-state index contributed by atoms with van der Waals surface area (Å²) in [6, 6.07) is 9.13. The Kier molecular flexibility index (Phi) is 8.16. The van der Waals surface area contributed by atoms with Gasteiger partial charge in [0, 0.05) is 30.1 Å². The van der Waals surface area contributed by atoms with Crippen LogP contribution in [0, 0.1) is 5.92 Å². The monoisotopic (exact) mass is 613 g/mol. The zero-order chi connectivity index (χ0) is 28.7. The molecule has 0 amide bonds. The van der Waals surface area contributed by atoms with E-state index in [9.17, 15) is 4.79 Å². The number of nitrogens with zero attached hydrogens (tertiary/aromatic N) is 3. The highest BCUT2D eigenvalue weighted by Crippen LogP contribution is 2.46. The van der Waals surface area contributed by atoms with Crippen molar-refractivity contribution in [3.05, 3.63) is 57.3 Å². The largest absolute Gasteiger partial charge is 0.489 e. The normalized spacial score (nSPS) is 16.1. The van der Waals surface area contributed by atoms with Crippen LogP contribution in [0.5, 0.6) is 5.75 Å². The molecule has 1 saturated heterocycles. The number of anilines is 1. The van der Waals surface area contributed by atoms with Crippen LogP contribution in [0.15, 0.2) is 34.9 Å². The lowest BCUT2D eigenvalue weighted by molar-refractivity contribution is 0.0600. The van der Waals surface area contributed by atoms with Crippen molar-refractivity contribution in [2.75, 3.05) is 25.1 Å². The van der Waals surface area contributed by atoms with Gasteiger partial charge in [0.05, 0.1) is 33.5 Å². The van der Waals surface area contributed by atoms with E-state index in [0.717, 1.165) is 89.5 Å². The molecule has 2 aliphatic rings. The van der Waals surface area contributed by atoms with E-state index in [4.69, 9.17) is 42.2 Å². The van der Waals surface area contributed by atoms with Gasteiger partial charge in [-0.2, -0.15) is 0 Å². The van der Waals surface area contributed by atoms with Crippen molar-refractivity contribution < 1.29 is 18.8 Å². The number of carbonyl (C=O) groups is 1. The lowest BCUT2D eigenvalue weighted by Crippen LogP contribution is -2.33. The first-order valence-corrected chi connectivity index (χ1v) is 15.8. The summed E-state index contributed by atoms with van der Waals surface area (Å²) in [5.41, 5.74) is 3.99. The molecule has 4 aromatic rings. The number of piperidine rings is 1. The third-order valence-corrected chi connectivity index (χ3v) is 9.58. The van der Waals surface area contributed by atoms with Crippen LogP contribution < -0.4 is 9.64 Å². The Balaban J connectivity index is 1.16. The topological polar surface area (TPSA) is 77.7 Å². The molecule has 0 radical (unpaired) electrons. The molecule has 6 rings (SSSR count). The van der Waals surface area contributed by atoms with E-state index in [1.165, 1.54) is 7.11 Å². The molecule has 2 fully saturated rings. The fraction of sp³-hybridized carbons (Fsp3) is 0.452. The third kappa shape index (κ3) is 5.92. The van der Waals surface area contributed by atoms with Crippen LogP contribution in [0.25, 0.3) is 21.5 Å². The molecule has 0 spiro atoms. The molecule has 216 valence electrons. The van der Waals surface area contributed by atoms with E-state index in [1.54, 1.807) is 17.4 Å². The van der Waals surface area contributed by atoms with Crippen molar-refractivity contribution in [3.8, 4) is 17.0 Å². The fourth-order valence-electron chi connectivity index (χ4n) is 5.61. The molecule has 2 aromatic carbocycles. The van der Waals surface area contributed by atoms with Gasteiger partial charge in [-0.05, 0) is 82.6 Å². The summed E-state index contributed by atoms with van der Waals surface area (Å²) in [5.74, 6) is 2.29. The molecular formula is C31H33Cl2N3O4S. The summed E-state index contributed by atoms with van der Waals surface area (Å²) < 4.78 is 17.8. The number of esters is 1. The summed E-state index contributed by atoms with van der Waals surface area (Å²) >= 11 is 14.7. The van der Waals surface area contributed by atoms with Gasteiger partial charge in [-0.1, -0.05) is 45.8 Å². The smallest absolute Gasteiger partial charge is 0.338 e. The highest BCUT2D eigenvalue weighted by molar-refractivity contribution is 7.22. The zero-order valence-electron chi connectivity index (χ0n) is 23.4. The van der Waals surface area contributed by atoms with E-state index in [1.807, 2.05) is 38.1 Å². The summed E-state index contributed by atoms with van der Waals surface area (Å²) in [4.78, 5) is 19.6. The van der Waals surface area contributed by atoms with E-state index in [0.29, 0.717) is 33.2 Å². The highest BCUT2D eigenvalue weighted by Gasteiger charge is 2.34. The van der Waals surface area contributed by atoms with Gasteiger partial charge in [0.1, 0.15) is 22.7 Å². The Bertz CT molecular complexity index is 1550. The molecule has 0 bridgehead atoms. The van der Waals surface area contributed by atoms with Gasteiger partial charge < -0.3 is 18.9 Å². The van der Waals surface area contributed by atoms with Gasteiger partial charge in [0.25, 0.3) is 0 Å². The number of hydrogen-bond acceptors (Lipinski definition) is 8. The average molecular weight is 615 g/mol. The second kappa shape index (κ2) is 11.8. The summed E-state index contributed by atoms with van der Waals surface area (Å²) in [5, 5.41) is 6.61. The number of rotatable bonds is 9. The maximum atomic E-state index is 12.3. The van der Waals surface area contributed by atoms with Gasteiger partial charge in [0.15, 0.2) is 5.13 Å². The average Bonchev–Trinajstić information content (AvgIpc) is 3.57. The maximum Gasteiger partial charge on any atom is 0.338 e. The van der Waals surface area contributed by atoms with Gasteiger partial charge in [0.2, 0.25) is 0 Å². The first-order valence-electron chi connectivity index (χ1n) is 14.2. The predicted molar refractivity (Wildman–Crippen MR) is 164 cm³/mol. The van der Waals surface area contributed by atoms with Crippen LogP contribution >= 0.6 is 34.5 Å². The van der Waals surface area contributed by atoms with Crippen molar-refractivity contribution in [2.45, 2.75) is 64.4 Å². The van der Waals surface area contributed by atoms with Gasteiger partial charge in [-0.3, -0.25) is 0 Å². The van der Waals surface area contributed by atoms with Crippen LogP contribution in [-0.4, -0.2) is 42.4 Å². The lowest BCUT2D eigenvalue weighted by Gasteiger charge is -2.31. The Labute approximate surface area is 253 Å². The van der Waals surface area contributed by atoms with Crippen LogP contribution in [0.1, 0.15) is 73.6 Å². The number of halogens is 2. The second-order valence-electron chi connectivity index (χ2n) is 11.2. The number of carbonyl (C=O) groups excluding carboxylic acids is 1. The minimum atomic E-state index is -0.381. The SMILES string of the molecule is COC(=O)c1cc(OC(C)C)c2nc(N3CCC(CCc4c(-c5c(Cl)cccc5Cl)noc4C4CC4)CC3)sc2c1. The molecule has 2 aromatic heterocycles. The zero-order valence-corrected chi connectivity index (χ0v) is 25.7. The Morgan fingerprint density at radius 2 is 1.88 bits per heavy atom. The molecular weight excluding hydrogens is 581 g/mol. The number of benzene rings is 2. The van der Waals surface area contributed by atoms with E-state index in [2.05, 4.69) is 10.1 Å². The maximum absolute atomic E-state index is 12.3. The quantitative estimate of drug-likeness (QED) is 0.175. The molecule has 0 atom stereocenters. The predicted octanol–water partition coefficient (Wildman–Crippen LogP) is 8.56. The Hall–Kier alpha value is -2.81. The number of hydrogen-bond donors (Lipinski definition) is 0. The van der Waals surface area contributed by atoms with E-state index >= 15 is 0 Å². The van der Waals surface area contributed by atoms with Crippen molar-refractivity contribution in [2.24, 2.45) is 5.92 Å². The Morgan fingerprint density at radius 3 is 2.54 bits per heavy atom. The number of ether oxygens (including phenoxy) is 2. The van der Waals surface area contributed by atoms with E-state index < -0.39 is 0 Å². The number of thiazole rings is 1. The second-order valence-corrected chi connectivity index (χ2v) is 13.0. The third-order valence-electron chi connectivity index (χ3n) is 7.89. The summed E-state index contributed by atoms with van der Waals surface area (Å²) in [6.45, 7) is 5.79. The van der Waals surface area contributed by atoms with Crippen LogP contribution in [0.4, 0.5) is 5.13 Å². The van der Waals surface area contributed by atoms with Crippen LogP contribution in [-0.2, 0) is 11.2 Å². The van der Waals surface area contributed by atoms with Crippen molar-refractivity contribution in [3.63, 3.8) is 0 Å². The highest BCUT2D eigenvalue weighted by atomic mass is 35.5. The number of aromatic nitrogens is 2. The molecule has 3 heterocycles. The molecule has 1 aliphatic heterocycles. The Morgan fingerprint density at radius 1 is 1.15 bits per heavy atom. The molecule has 1 aliphatic carbocycles. The minimum absolute atomic E-state index is 0.0349. The first kappa shape index (κ1) is 28.3. The van der Waals surface area contributed by atoms with Crippen LogP contribution in [0.2, 0.25) is 10.0 Å². The molecule has 0 unspecified atom stereocenters. The molecule has 41 heavy (non-hydrogen) atoms. The minimum Gasteiger partial charge on any atom is -0.489 e. The first-order chi connectivity index (χ1) is 19.8. The molecule has 10 heteroatoms. The summed E-state index contributed by atoms with van der Waals surface area (Å²) in [6.07, 6.45) is 6.35. The van der Waals surface area contributed by atoms with Crippen molar-refractivity contribution >= 4 is 55.9 Å². The molecule has 0 N–H and O–H groups in total. The van der Waals surface area contributed by atoms with E-state index in [-0.39, 0.29) is 12.1 Å². The molecule has 1 saturated carbocycles. The van der Waals surface area contributed by atoms with Gasteiger partial charge in [-0.15, -0.1) is 0 Å². The van der Waals surface area contributed by atoms with Crippen molar-refractivity contribution in [1.29, 1.82) is 0 Å². The molecule has 7 nitrogen and oxygen atoms in total. The van der Waals surface area contributed by atoms with Gasteiger partial charge in [-0.25, -0.2) is 9.78 Å². The standard InChI is InChI=1S/C31H33Cl2N3O4S/c1-17(2)39-24-15-20(30(37)38-3)16-25-28(24)34-31(41-25)36-13-11-18(12-14-36)7-10-21-27(35-40-29(21)19-8-9-19)26-22(32)5-4-6-23(26)33/h4-6,15-19H,7-14H2,1-3H3. The summed E-state index contributed by atoms with van der Waals surface area (Å²) in [7, 11) is 1.39. The van der Waals surface area contributed by atoms with Crippen molar-refractivity contribution in [1.82, 2.24) is 10.1 Å².